The lowest BCUT2D eigenvalue weighted by molar-refractivity contribution is -0.139. The van der Waals surface area contributed by atoms with E-state index >= 15 is 0 Å². The highest BCUT2D eigenvalue weighted by atomic mass is 16.4. The Morgan fingerprint density at radius 2 is 2.00 bits per heavy atom. The van der Waals surface area contributed by atoms with Crippen LogP contribution in [0.1, 0.15) is 45.4 Å². The number of carboxylic acids is 1. The molecule has 0 aliphatic heterocycles. The molecule has 1 aliphatic carbocycles. The smallest absolute Gasteiger partial charge is 0.320 e. The largest absolute Gasteiger partial charge is 0.480 e. The van der Waals surface area contributed by atoms with Crippen LogP contribution >= 0.6 is 0 Å². The molecule has 82 valence electrons. The van der Waals surface area contributed by atoms with E-state index in [-0.39, 0.29) is 0 Å². The SMILES string of the molecule is CCC1CCCCC1C[C@H](N)C(=O)O. The van der Waals surface area contributed by atoms with E-state index < -0.39 is 12.0 Å². The van der Waals surface area contributed by atoms with E-state index in [4.69, 9.17) is 10.8 Å². The van der Waals surface area contributed by atoms with Gasteiger partial charge in [0.2, 0.25) is 0 Å². The van der Waals surface area contributed by atoms with Crippen LogP contribution in [0.2, 0.25) is 0 Å². The Balaban J connectivity index is 2.44. The molecule has 1 rings (SSSR count). The number of nitrogens with two attached hydrogens (primary N) is 1. The molecular weight excluding hydrogens is 178 g/mol. The molecule has 0 aromatic carbocycles. The van der Waals surface area contributed by atoms with Gasteiger partial charge in [0.05, 0.1) is 0 Å². The second kappa shape index (κ2) is 5.35. The first-order valence-electron chi connectivity index (χ1n) is 5.63. The van der Waals surface area contributed by atoms with Crippen LogP contribution in [0.25, 0.3) is 0 Å². The van der Waals surface area contributed by atoms with Crippen molar-refractivity contribution in [1.29, 1.82) is 0 Å². The number of aliphatic carboxylic acids is 1. The summed E-state index contributed by atoms with van der Waals surface area (Å²) in [6, 6.07) is -0.660. The predicted octanol–water partition coefficient (Wildman–Crippen LogP) is 2.00. The molecular formula is C11H21NO2. The van der Waals surface area contributed by atoms with Crippen molar-refractivity contribution in [1.82, 2.24) is 0 Å². The second-order valence-corrected chi connectivity index (χ2v) is 4.39. The Kier molecular flexibility index (Phi) is 4.39. The summed E-state index contributed by atoms with van der Waals surface area (Å²) in [5, 5.41) is 8.75. The summed E-state index contributed by atoms with van der Waals surface area (Å²) in [6.07, 6.45) is 6.79. The Labute approximate surface area is 85.7 Å². The second-order valence-electron chi connectivity index (χ2n) is 4.39. The highest BCUT2D eigenvalue weighted by Gasteiger charge is 2.27. The molecule has 0 bridgehead atoms. The van der Waals surface area contributed by atoms with Crippen molar-refractivity contribution in [2.45, 2.75) is 51.5 Å². The van der Waals surface area contributed by atoms with Crippen molar-refractivity contribution in [2.24, 2.45) is 17.6 Å². The van der Waals surface area contributed by atoms with E-state index in [1.165, 1.54) is 25.7 Å². The number of rotatable bonds is 4. The standard InChI is InChI=1S/C11H21NO2/c1-2-8-5-3-4-6-9(8)7-10(12)11(13)14/h8-10H,2-7,12H2,1H3,(H,13,14)/t8?,9?,10-/m0/s1. The monoisotopic (exact) mass is 199 g/mol. The summed E-state index contributed by atoms with van der Waals surface area (Å²) in [6.45, 7) is 2.19. The highest BCUT2D eigenvalue weighted by Crippen LogP contribution is 2.34. The molecule has 1 saturated carbocycles. The molecule has 1 fully saturated rings. The molecule has 2 unspecified atom stereocenters. The minimum absolute atomic E-state index is 0.542. The van der Waals surface area contributed by atoms with Crippen LogP contribution in [0.5, 0.6) is 0 Å². The van der Waals surface area contributed by atoms with Crippen molar-refractivity contribution in [3.63, 3.8) is 0 Å². The van der Waals surface area contributed by atoms with Gasteiger partial charge < -0.3 is 10.8 Å². The fourth-order valence-corrected chi connectivity index (χ4v) is 2.56. The third-order valence-corrected chi connectivity index (χ3v) is 3.46. The van der Waals surface area contributed by atoms with Gasteiger partial charge in [-0.2, -0.15) is 0 Å². The normalized spacial score (nSPS) is 29.9. The average molecular weight is 199 g/mol. The number of hydrogen-bond acceptors (Lipinski definition) is 2. The first-order valence-corrected chi connectivity index (χ1v) is 5.63. The van der Waals surface area contributed by atoms with Gasteiger partial charge in [-0.1, -0.05) is 39.0 Å². The molecule has 0 aromatic rings. The summed E-state index contributed by atoms with van der Waals surface area (Å²) in [4.78, 5) is 10.6. The lowest BCUT2D eigenvalue weighted by Crippen LogP contribution is -2.35. The van der Waals surface area contributed by atoms with E-state index in [0.29, 0.717) is 18.3 Å². The molecule has 3 N–H and O–H groups in total. The zero-order valence-corrected chi connectivity index (χ0v) is 8.91. The fraction of sp³-hybridized carbons (Fsp3) is 0.909. The van der Waals surface area contributed by atoms with Gasteiger partial charge in [0.1, 0.15) is 6.04 Å². The van der Waals surface area contributed by atoms with Crippen molar-refractivity contribution in [3.05, 3.63) is 0 Å². The number of carbonyl (C=O) groups is 1. The van der Waals surface area contributed by atoms with E-state index in [2.05, 4.69) is 6.92 Å². The van der Waals surface area contributed by atoms with Crippen LogP contribution in [0, 0.1) is 11.8 Å². The quantitative estimate of drug-likeness (QED) is 0.728. The van der Waals surface area contributed by atoms with Gasteiger partial charge in [-0.05, 0) is 18.3 Å². The van der Waals surface area contributed by atoms with Gasteiger partial charge in [0.25, 0.3) is 0 Å². The van der Waals surface area contributed by atoms with Crippen molar-refractivity contribution >= 4 is 5.97 Å². The lowest BCUT2D eigenvalue weighted by atomic mass is 9.75. The molecule has 14 heavy (non-hydrogen) atoms. The van der Waals surface area contributed by atoms with Crippen LogP contribution in [-0.2, 0) is 4.79 Å². The van der Waals surface area contributed by atoms with Crippen molar-refractivity contribution < 1.29 is 9.90 Å². The highest BCUT2D eigenvalue weighted by molar-refractivity contribution is 5.73. The molecule has 0 radical (unpaired) electrons. The molecule has 0 heterocycles. The third kappa shape index (κ3) is 2.98. The van der Waals surface area contributed by atoms with Crippen LogP contribution in [0.15, 0.2) is 0 Å². The summed E-state index contributed by atoms with van der Waals surface area (Å²) in [5.41, 5.74) is 5.56. The molecule has 3 heteroatoms. The van der Waals surface area contributed by atoms with Crippen molar-refractivity contribution in [2.75, 3.05) is 0 Å². The van der Waals surface area contributed by atoms with Crippen LogP contribution in [0.4, 0.5) is 0 Å². The number of hydrogen-bond donors (Lipinski definition) is 2. The summed E-state index contributed by atoms with van der Waals surface area (Å²) in [5.74, 6) is 0.388. The zero-order valence-electron chi connectivity index (χ0n) is 8.91. The molecule has 3 nitrogen and oxygen atoms in total. The molecule has 0 saturated heterocycles. The first-order chi connectivity index (χ1) is 6.65. The Morgan fingerprint density at radius 1 is 1.43 bits per heavy atom. The molecule has 3 atom stereocenters. The summed E-state index contributed by atoms with van der Waals surface area (Å²) in [7, 11) is 0. The van der Waals surface area contributed by atoms with Crippen LogP contribution in [-0.4, -0.2) is 17.1 Å². The molecule has 1 aliphatic rings. The summed E-state index contributed by atoms with van der Waals surface area (Å²) >= 11 is 0. The Hall–Kier alpha value is -0.570. The van der Waals surface area contributed by atoms with Gasteiger partial charge in [0.15, 0.2) is 0 Å². The molecule has 0 aromatic heterocycles. The maximum Gasteiger partial charge on any atom is 0.320 e. The minimum atomic E-state index is -0.856. The predicted molar refractivity (Wildman–Crippen MR) is 56.0 cm³/mol. The third-order valence-electron chi connectivity index (χ3n) is 3.46. The van der Waals surface area contributed by atoms with E-state index in [1.54, 1.807) is 0 Å². The van der Waals surface area contributed by atoms with Crippen LogP contribution in [0.3, 0.4) is 0 Å². The maximum absolute atomic E-state index is 10.6. The number of carboxylic acid groups (broad SMARTS) is 1. The topological polar surface area (TPSA) is 63.3 Å². The van der Waals surface area contributed by atoms with E-state index in [0.717, 1.165) is 6.42 Å². The van der Waals surface area contributed by atoms with Gasteiger partial charge in [-0.15, -0.1) is 0 Å². The zero-order chi connectivity index (χ0) is 10.6. The Morgan fingerprint density at radius 3 is 2.50 bits per heavy atom. The fourth-order valence-electron chi connectivity index (χ4n) is 2.56. The van der Waals surface area contributed by atoms with E-state index in [1.807, 2.05) is 0 Å². The van der Waals surface area contributed by atoms with Gasteiger partial charge in [-0.25, -0.2) is 0 Å². The van der Waals surface area contributed by atoms with Gasteiger partial charge in [-0.3, -0.25) is 4.79 Å². The van der Waals surface area contributed by atoms with E-state index in [9.17, 15) is 4.79 Å². The van der Waals surface area contributed by atoms with Crippen LogP contribution < -0.4 is 5.73 Å². The van der Waals surface area contributed by atoms with Gasteiger partial charge >= 0.3 is 5.97 Å². The first kappa shape index (κ1) is 11.5. The lowest BCUT2D eigenvalue weighted by Gasteiger charge is -2.31. The van der Waals surface area contributed by atoms with Gasteiger partial charge in [0, 0.05) is 0 Å². The molecule has 0 spiro atoms. The summed E-state index contributed by atoms with van der Waals surface area (Å²) < 4.78 is 0. The van der Waals surface area contributed by atoms with Crippen molar-refractivity contribution in [3.8, 4) is 0 Å². The average Bonchev–Trinajstić information content (AvgIpc) is 2.18. The minimum Gasteiger partial charge on any atom is -0.480 e. The Bertz CT molecular complexity index is 194. The molecule has 0 amide bonds. The maximum atomic E-state index is 10.6.